The van der Waals surface area contributed by atoms with Crippen LogP contribution >= 0.6 is 11.3 Å². The highest BCUT2D eigenvalue weighted by Gasteiger charge is 2.06. The van der Waals surface area contributed by atoms with E-state index in [4.69, 9.17) is 0 Å². The number of H-pyrrole nitrogens is 1. The number of aromatic nitrogens is 2. The second-order valence-electron chi connectivity index (χ2n) is 7.82. The Morgan fingerprint density at radius 3 is 2.33 bits per heavy atom. The number of rotatable bonds is 7. The van der Waals surface area contributed by atoms with Crippen molar-refractivity contribution in [1.29, 1.82) is 0 Å². The maximum absolute atomic E-state index is 11.2. The molecule has 1 N–H and O–H groups in total. The highest BCUT2D eigenvalue weighted by Crippen LogP contribution is 2.22. The fourth-order valence-electron chi connectivity index (χ4n) is 2.87. The Hall–Kier alpha value is -2.40. The van der Waals surface area contributed by atoms with E-state index in [0.29, 0.717) is 6.42 Å². The van der Waals surface area contributed by atoms with Crippen LogP contribution in [0.1, 0.15) is 82.6 Å². The average Bonchev–Trinajstić information content (AvgIpc) is 3.42. The second kappa shape index (κ2) is 18.1. The number of aryl methyl sites for hydroxylation is 4. The summed E-state index contributed by atoms with van der Waals surface area (Å²) in [7, 11) is 1.43. The first-order valence-electron chi connectivity index (χ1n) is 12.0. The van der Waals surface area contributed by atoms with E-state index in [1.807, 2.05) is 34.6 Å². The number of thiazole rings is 1. The predicted octanol–water partition coefficient (Wildman–Crippen LogP) is 8.24. The summed E-state index contributed by atoms with van der Waals surface area (Å²) in [6.07, 6.45) is 7.87. The quantitative estimate of drug-likeness (QED) is 0.278. The molecule has 2 aromatic heterocycles. The fraction of sp³-hybridized carbons (Fsp3) is 0.500. The number of fused-ring (bicyclic) bond motifs is 1. The number of carbonyl (C=O) groups excluding carboxylic acids is 1. The van der Waals surface area contributed by atoms with Crippen molar-refractivity contribution in [1.82, 2.24) is 9.97 Å². The van der Waals surface area contributed by atoms with Crippen LogP contribution in [0.5, 0.6) is 0 Å². The molecule has 0 fully saturated rings. The average molecular weight is 473 g/mol. The molecule has 3 aromatic rings. The summed E-state index contributed by atoms with van der Waals surface area (Å²) in [5, 5.41) is 4.61. The van der Waals surface area contributed by atoms with Gasteiger partial charge in [-0.15, -0.1) is 17.9 Å². The van der Waals surface area contributed by atoms with Crippen molar-refractivity contribution in [3.63, 3.8) is 0 Å². The largest absolute Gasteiger partial charge is 0.469 e. The van der Waals surface area contributed by atoms with Crippen molar-refractivity contribution in [3.8, 4) is 0 Å². The van der Waals surface area contributed by atoms with Gasteiger partial charge in [-0.3, -0.25) is 4.79 Å². The van der Waals surface area contributed by atoms with Crippen LogP contribution in [0.2, 0.25) is 0 Å². The van der Waals surface area contributed by atoms with Gasteiger partial charge in [0.1, 0.15) is 0 Å². The highest BCUT2D eigenvalue weighted by molar-refractivity contribution is 7.09. The van der Waals surface area contributed by atoms with Crippen molar-refractivity contribution < 1.29 is 9.53 Å². The number of aromatic amines is 1. The fourth-order valence-corrected chi connectivity index (χ4v) is 3.59. The molecule has 184 valence electrons. The normalized spacial score (nSPS) is 9.58. The molecule has 0 bridgehead atoms. The molecule has 0 saturated carbocycles. The van der Waals surface area contributed by atoms with Crippen molar-refractivity contribution in [2.75, 3.05) is 7.11 Å². The molecule has 0 aliphatic rings. The third-order valence-electron chi connectivity index (χ3n) is 4.45. The number of carbonyl (C=O) groups is 1. The summed E-state index contributed by atoms with van der Waals surface area (Å²) in [5.41, 5.74) is 6.05. The molecular formula is C28H44N2O2S. The topological polar surface area (TPSA) is 55.0 Å². The molecule has 0 saturated heterocycles. The molecule has 4 nitrogen and oxygen atoms in total. The Bertz CT molecular complexity index is 936. The molecule has 0 amide bonds. The van der Waals surface area contributed by atoms with Crippen LogP contribution in [0.3, 0.4) is 0 Å². The first-order valence-corrected chi connectivity index (χ1v) is 12.9. The van der Waals surface area contributed by atoms with E-state index in [2.05, 4.69) is 64.9 Å². The zero-order valence-electron chi connectivity index (χ0n) is 22.0. The molecule has 0 aliphatic carbocycles. The summed E-state index contributed by atoms with van der Waals surface area (Å²) in [6.45, 7) is 17.9. The summed E-state index contributed by atoms with van der Waals surface area (Å²) in [6, 6.07) is 6.36. The third-order valence-corrected chi connectivity index (χ3v) is 5.56. The minimum absolute atomic E-state index is 0.152. The zero-order chi connectivity index (χ0) is 25.2. The van der Waals surface area contributed by atoms with Crippen LogP contribution in [0, 0.1) is 6.92 Å². The Morgan fingerprint density at radius 2 is 1.85 bits per heavy atom. The summed E-state index contributed by atoms with van der Waals surface area (Å²) >= 11 is 1.74. The second-order valence-corrected chi connectivity index (χ2v) is 8.76. The monoisotopic (exact) mass is 472 g/mol. The van der Waals surface area contributed by atoms with E-state index in [1.54, 1.807) is 11.3 Å². The lowest BCUT2D eigenvalue weighted by molar-refractivity contribution is -0.140. The minimum Gasteiger partial charge on any atom is -0.469 e. The third kappa shape index (κ3) is 13.0. The van der Waals surface area contributed by atoms with Gasteiger partial charge in [0.25, 0.3) is 0 Å². The van der Waals surface area contributed by atoms with Crippen LogP contribution in [0.25, 0.3) is 10.9 Å². The number of hydrogen-bond acceptors (Lipinski definition) is 4. The van der Waals surface area contributed by atoms with Crippen molar-refractivity contribution >= 4 is 28.2 Å². The first-order chi connectivity index (χ1) is 15.8. The van der Waals surface area contributed by atoms with Crippen molar-refractivity contribution in [3.05, 3.63) is 63.8 Å². The maximum Gasteiger partial charge on any atom is 0.305 e. The number of nitrogens with zero attached hydrogens (tertiary/aromatic N) is 1. The standard InChI is InChI=1S/C16H21NO2.C6H9NS.C4H8.C2H6/c1-3-4-5-13-11-17-15-8-6-12(10-14(13)15)7-9-16(18)19-2;1-3-6-7-5(2)4-8-6;1-4(2)3;1-2/h6,8,10-11,17H,3-5,7,9H2,1-2H3;4H,3H2,1-2H3;1H2,2-3H3;1-2H3. The smallest absolute Gasteiger partial charge is 0.305 e. The zero-order valence-corrected chi connectivity index (χ0v) is 22.8. The van der Waals surface area contributed by atoms with E-state index >= 15 is 0 Å². The van der Waals surface area contributed by atoms with E-state index in [9.17, 15) is 4.79 Å². The van der Waals surface area contributed by atoms with E-state index in [0.717, 1.165) is 25.0 Å². The molecule has 0 aliphatic heterocycles. The number of benzene rings is 1. The van der Waals surface area contributed by atoms with Crippen LogP contribution in [0.15, 0.2) is 41.9 Å². The molecule has 2 heterocycles. The van der Waals surface area contributed by atoms with Crippen LogP contribution in [-0.2, 0) is 28.8 Å². The number of ether oxygens (including phenoxy) is 1. The van der Waals surface area contributed by atoms with E-state index in [-0.39, 0.29) is 5.97 Å². The number of nitrogens with one attached hydrogen (secondary N) is 1. The van der Waals surface area contributed by atoms with Gasteiger partial charge in [-0.2, -0.15) is 0 Å². The van der Waals surface area contributed by atoms with Crippen molar-refractivity contribution in [2.45, 2.75) is 87.0 Å². The molecule has 0 atom stereocenters. The Balaban J connectivity index is 0.000000603. The Labute approximate surface area is 205 Å². The van der Waals surface area contributed by atoms with E-state index in [1.165, 1.54) is 52.6 Å². The molecule has 0 spiro atoms. The Kier molecular flexibility index (Phi) is 16.8. The van der Waals surface area contributed by atoms with Gasteiger partial charge in [0.15, 0.2) is 0 Å². The van der Waals surface area contributed by atoms with Crippen LogP contribution in [0.4, 0.5) is 0 Å². The lowest BCUT2D eigenvalue weighted by Crippen LogP contribution is -2.01. The molecular weight excluding hydrogens is 428 g/mol. The van der Waals surface area contributed by atoms with Crippen molar-refractivity contribution in [2.24, 2.45) is 0 Å². The molecule has 3 rings (SSSR count). The molecule has 0 radical (unpaired) electrons. The Morgan fingerprint density at radius 1 is 1.18 bits per heavy atom. The summed E-state index contributed by atoms with van der Waals surface area (Å²) < 4.78 is 4.68. The van der Waals surface area contributed by atoms with E-state index < -0.39 is 0 Å². The van der Waals surface area contributed by atoms with Gasteiger partial charge in [0, 0.05) is 34.6 Å². The van der Waals surface area contributed by atoms with Gasteiger partial charge >= 0.3 is 5.97 Å². The first kappa shape index (κ1) is 30.6. The molecule has 33 heavy (non-hydrogen) atoms. The molecule has 0 unspecified atom stereocenters. The summed E-state index contributed by atoms with van der Waals surface area (Å²) in [4.78, 5) is 18.7. The highest BCUT2D eigenvalue weighted by atomic mass is 32.1. The van der Waals surface area contributed by atoms with Gasteiger partial charge in [0.05, 0.1) is 12.1 Å². The van der Waals surface area contributed by atoms with Gasteiger partial charge in [-0.1, -0.05) is 45.8 Å². The SMILES string of the molecule is C=C(C)C.CC.CCCCc1c[nH]c2ccc(CCC(=O)OC)cc12.CCc1nc(C)cs1. The van der Waals surface area contributed by atoms with Gasteiger partial charge in [-0.05, 0) is 69.7 Å². The number of hydrogen-bond donors (Lipinski definition) is 1. The molecule has 1 aromatic carbocycles. The number of allylic oxidation sites excluding steroid dienone is 1. The summed E-state index contributed by atoms with van der Waals surface area (Å²) in [5.74, 6) is -0.152. The lowest BCUT2D eigenvalue weighted by atomic mass is 10.0. The van der Waals surface area contributed by atoms with Gasteiger partial charge in [0.2, 0.25) is 0 Å². The number of methoxy groups -OCH3 is 1. The lowest BCUT2D eigenvalue weighted by Gasteiger charge is -2.03. The maximum atomic E-state index is 11.2. The van der Waals surface area contributed by atoms with Crippen LogP contribution in [-0.4, -0.2) is 23.0 Å². The van der Waals surface area contributed by atoms with Gasteiger partial charge in [-0.25, -0.2) is 4.98 Å². The number of unbranched alkanes of at least 4 members (excludes halogenated alkanes) is 1. The van der Waals surface area contributed by atoms with Crippen LogP contribution < -0.4 is 0 Å². The predicted molar refractivity (Wildman–Crippen MR) is 145 cm³/mol. The van der Waals surface area contributed by atoms with Gasteiger partial charge < -0.3 is 9.72 Å². The molecule has 5 heteroatoms. The number of esters is 1. The minimum atomic E-state index is -0.152.